The smallest absolute Gasteiger partial charge is 0.279 e. The number of hydrogen-bond donors (Lipinski definition) is 2. The number of piperazine rings is 1. The maximum Gasteiger partial charge on any atom is 0.279 e. The highest BCUT2D eigenvalue weighted by atomic mass is 19.1. The first kappa shape index (κ1) is 20.8. The van der Waals surface area contributed by atoms with E-state index in [4.69, 9.17) is 4.74 Å². The van der Waals surface area contributed by atoms with E-state index >= 15 is 0 Å². The van der Waals surface area contributed by atoms with Crippen molar-refractivity contribution in [2.75, 3.05) is 45.2 Å². The number of nitrogens with one attached hydrogen (secondary N) is 2. The Labute approximate surface area is 170 Å². The highest BCUT2D eigenvalue weighted by Crippen LogP contribution is 2.19. The summed E-state index contributed by atoms with van der Waals surface area (Å²) in [4.78, 5) is 27.7. The minimum atomic E-state index is -0.333. The Kier molecular flexibility index (Phi) is 7.19. The lowest BCUT2D eigenvalue weighted by molar-refractivity contribution is -0.895. The second-order valence-corrected chi connectivity index (χ2v) is 7.17. The fourth-order valence-electron chi connectivity index (χ4n) is 3.52. The van der Waals surface area contributed by atoms with Crippen molar-refractivity contribution in [3.63, 3.8) is 0 Å². The van der Waals surface area contributed by atoms with Crippen LogP contribution in [0.2, 0.25) is 0 Å². The van der Waals surface area contributed by atoms with E-state index in [1.165, 1.54) is 12.1 Å². The predicted molar refractivity (Wildman–Crippen MR) is 108 cm³/mol. The molecule has 0 spiro atoms. The number of para-hydroxylation sites is 1. The number of carbonyl (C=O) groups is 2. The second kappa shape index (κ2) is 10.0. The average molecular weight is 400 g/mol. The van der Waals surface area contributed by atoms with Crippen molar-refractivity contribution in [3.8, 4) is 5.75 Å². The van der Waals surface area contributed by atoms with E-state index in [1.807, 2.05) is 29.2 Å². The number of quaternary nitrogens is 1. The number of hydrogen-bond acceptors (Lipinski definition) is 3. The number of aryl methyl sites for hydroxylation is 1. The van der Waals surface area contributed by atoms with E-state index in [1.54, 1.807) is 19.2 Å². The molecule has 2 aromatic rings. The first-order valence-corrected chi connectivity index (χ1v) is 9.84. The van der Waals surface area contributed by atoms with Gasteiger partial charge < -0.3 is 19.9 Å². The Hall–Kier alpha value is -2.93. The Balaban J connectivity index is 1.40. The largest absolute Gasteiger partial charge is 0.496 e. The van der Waals surface area contributed by atoms with Crippen molar-refractivity contribution in [1.29, 1.82) is 0 Å². The molecule has 1 heterocycles. The number of rotatable bonds is 7. The molecule has 1 aliphatic heterocycles. The quantitative estimate of drug-likeness (QED) is 0.733. The van der Waals surface area contributed by atoms with Gasteiger partial charge in [0.05, 0.1) is 33.3 Å². The molecule has 0 aliphatic carbocycles. The van der Waals surface area contributed by atoms with Crippen LogP contribution in [0.3, 0.4) is 0 Å². The standard InChI is InChI=1S/C22H26FN3O3/c1-29-20-5-3-2-4-17(20)6-11-22(28)26-14-12-25(13-15-26)16-21(27)24-19-9-7-18(23)8-10-19/h2-5,7-10H,6,11-16H2,1H3,(H,24,27)/p+1. The minimum Gasteiger partial charge on any atom is -0.496 e. The molecule has 0 aromatic heterocycles. The highest BCUT2D eigenvalue weighted by molar-refractivity contribution is 5.91. The summed E-state index contributed by atoms with van der Waals surface area (Å²) in [6.07, 6.45) is 1.09. The SMILES string of the molecule is COc1ccccc1CCC(=O)N1CC[NH+](CC(=O)Nc2ccc(F)cc2)CC1. The first-order valence-electron chi connectivity index (χ1n) is 9.84. The van der Waals surface area contributed by atoms with Crippen molar-refractivity contribution in [2.24, 2.45) is 0 Å². The van der Waals surface area contributed by atoms with Crippen molar-refractivity contribution in [1.82, 2.24) is 4.90 Å². The number of anilines is 1. The molecule has 1 aliphatic rings. The summed E-state index contributed by atoms with van der Waals surface area (Å²) in [6.45, 7) is 3.09. The number of benzene rings is 2. The van der Waals surface area contributed by atoms with Crippen LogP contribution in [0, 0.1) is 5.82 Å². The van der Waals surface area contributed by atoms with E-state index in [2.05, 4.69) is 5.32 Å². The maximum atomic E-state index is 12.9. The number of ether oxygens (including phenoxy) is 1. The number of nitrogens with zero attached hydrogens (tertiary/aromatic N) is 1. The number of methoxy groups -OCH3 is 1. The fraction of sp³-hybridized carbons (Fsp3) is 0.364. The summed E-state index contributed by atoms with van der Waals surface area (Å²) in [5, 5.41) is 2.78. The normalized spacial score (nSPS) is 14.5. The third kappa shape index (κ3) is 6.02. The van der Waals surface area contributed by atoms with Gasteiger partial charge in [-0.05, 0) is 42.3 Å². The Morgan fingerprint density at radius 3 is 2.48 bits per heavy atom. The van der Waals surface area contributed by atoms with Crippen LogP contribution in [0.4, 0.5) is 10.1 Å². The third-order valence-corrected chi connectivity index (χ3v) is 5.16. The molecule has 7 heteroatoms. The molecule has 29 heavy (non-hydrogen) atoms. The third-order valence-electron chi connectivity index (χ3n) is 5.16. The lowest BCUT2D eigenvalue weighted by atomic mass is 10.1. The molecule has 0 atom stereocenters. The first-order chi connectivity index (χ1) is 14.0. The predicted octanol–water partition coefficient (Wildman–Crippen LogP) is 1.13. The lowest BCUT2D eigenvalue weighted by Crippen LogP contribution is -3.15. The molecule has 0 saturated carbocycles. The van der Waals surface area contributed by atoms with Crippen LogP contribution in [-0.2, 0) is 16.0 Å². The number of halogens is 1. The van der Waals surface area contributed by atoms with E-state index in [0.29, 0.717) is 38.2 Å². The van der Waals surface area contributed by atoms with Crippen LogP contribution in [-0.4, -0.2) is 56.5 Å². The van der Waals surface area contributed by atoms with Gasteiger partial charge in [0.15, 0.2) is 6.54 Å². The van der Waals surface area contributed by atoms with Gasteiger partial charge in [0.25, 0.3) is 5.91 Å². The second-order valence-electron chi connectivity index (χ2n) is 7.17. The molecule has 0 unspecified atom stereocenters. The minimum absolute atomic E-state index is 0.109. The molecular formula is C22H27FN3O3+. The summed E-state index contributed by atoms with van der Waals surface area (Å²) in [5.41, 5.74) is 1.62. The molecule has 2 N–H and O–H groups in total. The maximum absolute atomic E-state index is 12.9. The van der Waals surface area contributed by atoms with Gasteiger partial charge in [0.1, 0.15) is 11.6 Å². The van der Waals surface area contributed by atoms with Gasteiger partial charge >= 0.3 is 0 Å². The van der Waals surface area contributed by atoms with Crippen LogP contribution < -0.4 is 15.0 Å². The average Bonchev–Trinajstić information content (AvgIpc) is 2.74. The van der Waals surface area contributed by atoms with Gasteiger partial charge in [-0.3, -0.25) is 9.59 Å². The Morgan fingerprint density at radius 2 is 1.79 bits per heavy atom. The van der Waals surface area contributed by atoms with E-state index in [9.17, 15) is 14.0 Å². The zero-order valence-corrected chi connectivity index (χ0v) is 16.6. The van der Waals surface area contributed by atoms with Crippen molar-refractivity contribution < 1.29 is 23.6 Å². The summed E-state index contributed by atoms with van der Waals surface area (Å²) < 4.78 is 18.3. The summed E-state index contributed by atoms with van der Waals surface area (Å²) in [7, 11) is 1.63. The zero-order valence-electron chi connectivity index (χ0n) is 16.6. The van der Waals surface area contributed by atoms with E-state index in [-0.39, 0.29) is 17.6 Å². The molecule has 2 amide bonds. The summed E-state index contributed by atoms with van der Waals surface area (Å²) >= 11 is 0. The monoisotopic (exact) mass is 400 g/mol. The summed E-state index contributed by atoms with van der Waals surface area (Å²) in [5.74, 6) is 0.495. The van der Waals surface area contributed by atoms with Gasteiger partial charge in [-0.2, -0.15) is 0 Å². The van der Waals surface area contributed by atoms with E-state index in [0.717, 1.165) is 29.3 Å². The molecule has 0 bridgehead atoms. The molecule has 1 saturated heterocycles. The molecule has 0 radical (unpaired) electrons. The van der Waals surface area contributed by atoms with Crippen molar-refractivity contribution >= 4 is 17.5 Å². The topological polar surface area (TPSA) is 63.1 Å². The van der Waals surface area contributed by atoms with Crippen LogP contribution in [0.25, 0.3) is 0 Å². The molecule has 1 fully saturated rings. The number of carbonyl (C=O) groups excluding carboxylic acids is 2. The zero-order chi connectivity index (χ0) is 20.6. The molecule has 154 valence electrons. The van der Waals surface area contributed by atoms with Crippen LogP contribution in [0.5, 0.6) is 5.75 Å². The van der Waals surface area contributed by atoms with Gasteiger partial charge in [-0.1, -0.05) is 18.2 Å². The van der Waals surface area contributed by atoms with Gasteiger partial charge in [0, 0.05) is 12.1 Å². The molecule has 3 rings (SSSR count). The highest BCUT2D eigenvalue weighted by Gasteiger charge is 2.25. The van der Waals surface area contributed by atoms with Crippen LogP contribution in [0.15, 0.2) is 48.5 Å². The van der Waals surface area contributed by atoms with E-state index < -0.39 is 0 Å². The summed E-state index contributed by atoms with van der Waals surface area (Å²) in [6, 6.07) is 13.5. The van der Waals surface area contributed by atoms with Gasteiger partial charge in [0.2, 0.25) is 5.91 Å². The van der Waals surface area contributed by atoms with Crippen molar-refractivity contribution in [2.45, 2.75) is 12.8 Å². The van der Waals surface area contributed by atoms with Crippen LogP contribution >= 0.6 is 0 Å². The Morgan fingerprint density at radius 1 is 1.10 bits per heavy atom. The molecular weight excluding hydrogens is 373 g/mol. The van der Waals surface area contributed by atoms with Crippen LogP contribution in [0.1, 0.15) is 12.0 Å². The molecule has 2 aromatic carbocycles. The van der Waals surface area contributed by atoms with Crippen molar-refractivity contribution in [3.05, 3.63) is 59.9 Å². The van der Waals surface area contributed by atoms with Gasteiger partial charge in [-0.25, -0.2) is 4.39 Å². The molecule has 6 nitrogen and oxygen atoms in total. The van der Waals surface area contributed by atoms with Gasteiger partial charge in [-0.15, -0.1) is 0 Å². The fourth-order valence-corrected chi connectivity index (χ4v) is 3.52. The Bertz CT molecular complexity index is 833. The number of amides is 2. The lowest BCUT2D eigenvalue weighted by Gasteiger charge is -2.32.